The molecule has 2 nitrogen and oxygen atoms in total. The first kappa shape index (κ1) is 11.5. The first-order valence-corrected chi connectivity index (χ1v) is 5.13. The van der Waals surface area contributed by atoms with Crippen LogP contribution in [-0.2, 0) is 5.41 Å². The minimum atomic E-state index is -0.315. The molecule has 0 aliphatic heterocycles. The second-order valence-electron chi connectivity index (χ2n) is 3.50. The average molecular weight is 214 g/mol. The summed E-state index contributed by atoms with van der Waals surface area (Å²) in [5.41, 5.74) is 6.44. The van der Waals surface area contributed by atoms with Crippen LogP contribution in [-0.4, -0.2) is 18.3 Å². The van der Waals surface area contributed by atoms with Crippen molar-refractivity contribution in [3.63, 3.8) is 0 Å². The maximum atomic E-state index is 9.39. The Morgan fingerprint density at radius 2 is 1.93 bits per heavy atom. The Hall–Kier alpha value is -0.570. The van der Waals surface area contributed by atoms with Crippen molar-refractivity contribution in [2.24, 2.45) is 5.73 Å². The van der Waals surface area contributed by atoms with Gasteiger partial charge in [-0.15, -0.1) is 0 Å². The van der Waals surface area contributed by atoms with Crippen molar-refractivity contribution in [3.05, 3.63) is 34.9 Å². The fourth-order valence-electron chi connectivity index (χ4n) is 1.54. The van der Waals surface area contributed by atoms with E-state index in [0.717, 1.165) is 12.0 Å². The summed E-state index contributed by atoms with van der Waals surface area (Å²) < 4.78 is 0. The van der Waals surface area contributed by atoms with Gasteiger partial charge in [0, 0.05) is 17.0 Å². The van der Waals surface area contributed by atoms with Crippen molar-refractivity contribution in [3.8, 4) is 0 Å². The van der Waals surface area contributed by atoms with Crippen LogP contribution in [0.4, 0.5) is 0 Å². The van der Waals surface area contributed by atoms with Gasteiger partial charge in [-0.05, 0) is 24.1 Å². The van der Waals surface area contributed by atoms with E-state index in [1.54, 1.807) is 0 Å². The van der Waals surface area contributed by atoms with Gasteiger partial charge in [0.15, 0.2) is 0 Å². The van der Waals surface area contributed by atoms with Crippen molar-refractivity contribution in [2.75, 3.05) is 13.2 Å². The Kier molecular flexibility index (Phi) is 3.93. The van der Waals surface area contributed by atoms with Crippen LogP contribution in [0.5, 0.6) is 0 Å². The topological polar surface area (TPSA) is 46.2 Å². The van der Waals surface area contributed by atoms with Crippen LogP contribution in [0.3, 0.4) is 0 Å². The summed E-state index contributed by atoms with van der Waals surface area (Å²) in [5.74, 6) is 0. The third-order valence-electron chi connectivity index (χ3n) is 2.83. The molecule has 1 unspecified atom stereocenters. The highest BCUT2D eigenvalue weighted by Crippen LogP contribution is 2.27. The molecule has 1 aromatic carbocycles. The zero-order valence-corrected chi connectivity index (χ0v) is 9.09. The van der Waals surface area contributed by atoms with E-state index in [4.69, 9.17) is 17.3 Å². The molecule has 3 N–H and O–H groups in total. The molecule has 1 aromatic rings. The van der Waals surface area contributed by atoms with Crippen molar-refractivity contribution in [1.29, 1.82) is 0 Å². The molecule has 0 spiro atoms. The first-order valence-electron chi connectivity index (χ1n) is 4.75. The van der Waals surface area contributed by atoms with Crippen LogP contribution in [0, 0.1) is 0 Å². The number of nitrogens with two attached hydrogens (primary N) is 1. The number of benzene rings is 1. The third-order valence-corrected chi connectivity index (χ3v) is 3.08. The molecule has 3 heteroatoms. The fourth-order valence-corrected chi connectivity index (χ4v) is 1.66. The Morgan fingerprint density at radius 3 is 2.29 bits per heavy atom. The lowest BCUT2D eigenvalue weighted by atomic mass is 9.79. The standard InChI is InChI=1S/C11H16ClNO/c1-2-11(7-13,8-14)9-3-5-10(12)6-4-9/h3-6,14H,2,7-8,13H2,1H3. The largest absolute Gasteiger partial charge is 0.395 e. The molecule has 0 aliphatic rings. The summed E-state index contributed by atoms with van der Waals surface area (Å²) in [6.45, 7) is 2.54. The second kappa shape index (κ2) is 4.78. The number of hydrogen-bond donors (Lipinski definition) is 2. The molecule has 0 saturated carbocycles. The summed E-state index contributed by atoms with van der Waals surface area (Å²) in [7, 11) is 0. The molecule has 0 aliphatic carbocycles. The van der Waals surface area contributed by atoms with E-state index >= 15 is 0 Å². The van der Waals surface area contributed by atoms with Gasteiger partial charge in [0.2, 0.25) is 0 Å². The normalized spacial score (nSPS) is 15.1. The van der Waals surface area contributed by atoms with Crippen molar-refractivity contribution in [1.82, 2.24) is 0 Å². The quantitative estimate of drug-likeness (QED) is 0.803. The molecule has 0 radical (unpaired) electrons. The molecule has 1 rings (SSSR count). The number of hydrogen-bond acceptors (Lipinski definition) is 2. The van der Waals surface area contributed by atoms with E-state index in [1.165, 1.54) is 0 Å². The second-order valence-corrected chi connectivity index (χ2v) is 3.94. The monoisotopic (exact) mass is 213 g/mol. The van der Waals surface area contributed by atoms with E-state index in [-0.39, 0.29) is 12.0 Å². The number of rotatable bonds is 4. The van der Waals surface area contributed by atoms with Crippen molar-refractivity contribution >= 4 is 11.6 Å². The maximum Gasteiger partial charge on any atom is 0.0540 e. The molecule has 0 heterocycles. The molecule has 0 aromatic heterocycles. The zero-order valence-electron chi connectivity index (χ0n) is 8.33. The van der Waals surface area contributed by atoms with Gasteiger partial charge in [-0.1, -0.05) is 30.7 Å². The van der Waals surface area contributed by atoms with Crippen LogP contribution in [0.2, 0.25) is 5.02 Å². The molecule has 0 fully saturated rings. The van der Waals surface area contributed by atoms with Crippen LogP contribution < -0.4 is 5.73 Å². The van der Waals surface area contributed by atoms with E-state index in [2.05, 4.69) is 0 Å². The molecule has 0 amide bonds. The minimum Gasteiger partial charge on any atom is -0.395 e. The summed E-state index contributed by atoms with van der Waals surface area (Å²) in [4.78, 5) is 0. The van der Waals surface area contributed by atoms with Gasteiger partial charge < -0.3 is 10.8 Å². The van der Waals surface area contributed by atoms with Gasteiger partial charge in [0.1, 0.15) is 0 Å². The zero-order chi connectivity index (χ0) is 10.6. The van der Waals surface area contributed by atoms with Gasteiger partial charge >= 0.3 is 0 Å². The Balaban J connectivity index is 3.05. The Labute approximate surface area is 89.7 Å². The van der Waals surface area contributed by atoms with Crippen LogP contribution in [0.15, 0.2) is 24.3 Å². The summed E-state index contributed by atoms with van der Waals surface area (Å²) in [6.07, 6.45) is 0.821. The molecule has 14 heavy (non-hydrogen) atoms. The molecule has 0 saturated heterocycles. The number of halogens is 1. The summed E-state index contributed by atoms with van der Waals surface area (Å²) in [6, 6.07) is 7.50. The Morgan fingerprint density at radius 1 is 1.36 bits per heavy atom. The van der Waals surface area contributed by atoms with E-state index in [0.29, 0.717) is 11.6 Å². The van der Waals surface area contributed by atoms with E-state index < -0.39 is 0 Å². The average Bonchev–Trinajstić information content (AvgIpc) is 2.24. The van der Waals surface area contributed by atoms with Gasteiger partial charge in [-0.25, -0.2) is 0 Å². The first-order chi connectivity index (χ1) is 6.68. The lowest BCUT2D eigenvalue weighted by molar-refractivity contribution is 0.192. The SMILES string of the molecule is CCC(CN)(CO)c1ccc(Cl)cc1. The highest BCUT2D eigenvalue weighted by molar-refractivity contribution is 6.30. The molecule has 0 bridgehead atoms. The maximum absolute atomic E-state index is 9.39. The van der Waals surface area contributed by atoms with Gasteiger partial charge in [0.25, 0.3) is 0 Å². The van der Waals surface area contributed by atoms with Crippen LogP contribution in [0.1, 0.15) is 18.9 Å². The lowest BCUT2D eigenvalue weighted by Gasteiger charge is -2.29. The van der Waals surface area contributed by atoms with Gasteiger partial charge in [-0.2, -0.15) is 0 Å². The summed E-state index contributed by atoms with van der Waals surface area (Å²) >= 11 is 5.80. The van der Waals surface area contributed by atoms with Gasteiger partial charge in [-0.3, -0.25) is 0 Å². The van der Waals surface area contributed by atoms with E-state index in [9.17, 15) is 5.11 Å². The molecule has 78 valence electrons. The molecule has 1 atom stereocenters. The van der Waals surface area contributed by atoms with Gasteiger partial charge in [0.05, 0.1) is 6.61 Å². The fraction of sp³-hybridized carbons (Fsp3) is 0.455. The summed E-state index contributed by atoms with van der Waals surface area (Å²) in [5, 5.41) is 10.1. The van der Waals surface area contributed by atoms with Crippen LogP contribution >= 0.6 is 11.6 Å². The smallest absolute Gasteiger partial charge is 0.0540 e. The molecular weight excluding hydrogens is 198 g/mol. The highest BCUT2D eigenvalue weighted by atomic mass is 35.5. The third kappa shape index (κ3) is 2.08. The molecular formula is C11H16ClNO. The van der Waals surface area contributed by atoms with Crippen molar-refractivity contribution < 1.29 is 5.11 Å². The van der Waals surface area contributed by atoms with Crippen molar-refractivity contribution in [2.45, 2.75) is 18.8 Å². The number of aliphatic hydroxyl groups is 1. The predicted octanol–water partition coefficient (Wildman–Crippen LogP) is 1.94. The van der Waals surface area contributed by atoms with Crippen LogP contribution in [0.25, 0.3) is 0 Å². The highest BCUT2D eigenvalue weighted by Gasteiger charge is 2.27. The Bertz CT molecular complexity index is 272. The number of aliphatic hydroxyl groups excluding tert-OH is 1. The minimum absolute atomic E-state index is 0.0711. The van der Waals surface area contributed by atoms with E-state index in [1.807, 2.05) is 31.2 Å². The lowest BCUT2D eigenvalue weighted by Crippen LogP contribution is -2.38. The predicted molar refractivity (Wildman–Crippen MR) is 59.6 cm³/mol.